The van der Waals surface area contributed by atoms with Gasteiger partial charge in [-0.2, -0.15) is 27.0 Å². The highest BCUT2D eigenvalue weighted by Crippen LogP contribution is 2.27. The molecule has 0 aliphatic heterocycles. The molecule has 142 valence electrons. The number of nitrogens with one attached hydrogen (secondary N) is 3. The van der Waals surface area contributed by atoms with Crippen LogP contribution in [-0.4, -0.2) is 61.5 Å². The maximum absolute atomic E-state index is 11.5. The van der Waals surface area contributed by atoms with Crippen LogP contribution in [0.15, 0.2) is 34.3 Å². The first-order valence-corrected chi connectivity index (χ1v) is 9.56. The van der Waals surface area contributed by atoms with E-state index in [0.717, 1.165) is 24.5 Å². The van der Waals surface area contributed by atoms with Crippen LogP contribution in [0.2, 0.25) is 0 Å². The van der Waals surface area contributed by atoms with Crippen molar-refractivity contribution in [3.05, 3.63) is 24.5 Å². The van der Waals surface area contributed by atoms with Gasteiger partial charge in [-0.05, 0) is 23.4 Å². The number of rotatable bonds is 6. The Hall–Kier alpha value is -3.28. The molecule has 0 amide bonds. The molecule has 0 unspecified atom stereocenters. The van der Waals surface area contributed by atoms with Crippen LogP contribution in [0.5, 0.6) is 0 Å². The monoisotopic (exact) mass is 415 g/mol. The number of hydrogen-bond acceptors (Lipinski definition) is 12. The zero-order valence-electron chi connectivity index (χ0n) is 12.8. The van der Waals surface area contributed by atoms with Gasteiger partial charge in [-0.15, -0.1) is 5.10 Å². The topological polar surface area (TPSA) is 226 Å². The third-order valence-corrected chi connectivity index (χ3v) is 4.68. The third-order valence-electron chi connectivity index (χ3n) is 2.91. The minimum Gasteiger partial charge on any atom is -0.323 e. The van der Waals surface area contributed by atoms with Crippen molar-refractivity contribution in [3.8, 4) is 0 Å². The summed E-state index contributed by atoms with van der Waals surface area (Å²) in [6.07, 6.45) is 1.05. The quantitative estimate of drug-likeness (QED) is 0.316. The van der Waals surface area contributed by atoms with Crippen LogP contribution in [0.3, 0.4) is 0 Å². The maximum atomic E-state index is 11.5. The molecule has 0 fully saturated rings. The third kappa shape index (κ3) is 4.47. The van der Waals surface area contributed by atoms with Gasteiger partial charge < -0.3 is 5.32 Å². The molecule has 17 heteroatoms. The summed E-state index contributed by atoms with van der Waals surface area (Å²) in [7, 11) is -9.36. The van der Waals surface area contributed by atoms with Crippen molar-refractivity contribution in [2.24, 2.45) is 0 Å². The second-order valence-corrected chi connectivity index (χ2v) is 7.54. The number of aromatic nitrogens is 7. The molecular formula is C10H9N9O6S2. The highest BCUT2D eigenvalue weighted by Gasteiger charge is 2.20. The van der Waals surface area contributed by atoms with E-state index >= 15 is 0 Å². The van der Waals surface area contributed by atoms with E-state index in [0.29, 0.717) is 0 Å². The Bertz CT molecular complexity index is 1180. The van der Waals surface area contributed by atoms with Crippen molar-refractivity contribution in [3.63, 3.8) is 0 Å². The number of nitrogens with zero attached hydrogens (tertiary/aromatic N) is 6. The first kappa shape index (κ1) is 18.5. The van der Waals surface area contributed by atoms with Crippen molar-refractivity contribution in [2.75, 3.05) is 10.6 Å². The molecule has 0 aliphatic rings. The van der Waals surface area contributed by atoms with Gasteiger partial charge in [0.25, 0.3) is 26.2 Å². The van der Waals surface area contributed by atoms with Crippen molar-refractivity contribution in [1.29, 1.82) is 0 Å². The van der Waals surface area contributed by atoms with Gasteiger partial charge in [-0.3, -0.25) is 14.4 Å². The molecule has 3 aromatic rings. The molecule has 15 nitrogen and oxygen atoms in total. The second-order valence-electron chi connectivity index (χ2n) is 4.73. The number of tetrazole rings is 1. The van der Waals surface area contributed by atoms with Gasteiger partial charge in [0.2, 0.25) is 11.9 Å². The Morgan fingerprint density at radius 2 is 1.63 bits per heavy atom. The lowest BCUT2D eigenvalue weighted by Crippen LogP contribution is -2.08. The predicted octanol–water partition coefficient (Wildman–Crippen LogP) is -0.635. The Labute approximate surface area is 150 Å². The van der Waals surface area contributed by atoms with Crippen LogP contribution in [0.4, 0.5) is 23.5 Å². The van der Waals surface area contributed by atoms with E-state index in [2.05, 4.69) is 46.2 Å². The van der Waals surface area contributed by atoms with E-state index in [4.69, 9.17) is 4.55 Å². The van der Waals surface area contributed by atoms with E-state index in [1.807, 2.05) is 0 Å². The highest BCUT2D eigenvalue weighted by atomic mass is 32.2. The van der Waals surface area contributed by atoms with Crippen LogP contribution in [0, 0.1) is 0 Å². The summed E-state index contributed by atoms with van der Waals surface area (Å²) in [5.74, 6) is -0.222. The number of H-pyrrole nitrogens is 1. The summed E-state index contributed by atoms with van der Waals surface area (Å²) in [5, 5.41) is 17.8. The van der Waals surface area contributed by atoms with Crippen LogP contribution in [-0.2, 0) is 20.2 Å². The predicted molar refractivity (Wildman–Crippen MR) is 86.6 cm³/mol. The molecule has 0 bridgehead atoms. The molecule has 0 saturated heterocycles. The number of benzene rings is 1. The Morgan fingerprint density at radius 3 is 2.22 bits per heavy atom. The number of aromatic amines is 1. The van der Waals surface area contributed by atoms with Crippen LogP contribution in [0.25, 0.3) is 0 Å². The van der Waals surface area contributed by atoms with Crippen molar-refractivity contribution >= 4 is 43.8 Å². The molecule has 0 radical (unpaired) electrons. The Balaban J connectivity index is 1.99. The minimum atomic E-state index is -4.73. The van der Waals surface area contributed by atoms with Crippen LogP contribution >= 0.6 is 0 Å². The molecular weight excluding hydrogens is 406 g/mol. The van der Waals surface area contributed by atoms with Gasteiger partial charge in [-0.1, -0.05) is 5.10 Å². The van der Waals surface area contributed by atoms with Crippen LogP contribution in [0.1, 0.15) is 0 Å². The zero-order valence-corrected chi connectivity index (χ0v) is 14.5. The van der Waals surface area contributed by atoms with Gasteiger partial charge >= 0.3 is 0 Å². The van der Waals surface area contributed by atoms with Gasteiger partial charge in [-0.25, -0.2) is 9.97 Å². The van der Waals surface area contributed by atoms with E-state index < -0.39 is 35.7 Å². The summed E-state index contributed by atoms with van der Waals surface area (Å²) in [6.45, 7) is 0. The fraction of sp³-hybridized carbons (Fsp3) is 0. The number of anilines is 4. The fourth-order valence-corrected chi connectivity index (χ4v) is 2.98. The molecule has 5 N–H and O–H groups in total. The molecule has 27 heavy (non-hydrogen) atoms. The molecule has 2 heterocycles. The zero-order chi connectivity index (χ0) is 19.7. The van der Waals surface area contributed by atoms with Crippen molar-refractivity contribution in [1.82, 2.24) is 35.6 Å². The van der Waals surface area contributed by atoms with E-state index in [1.54, 1.807) is 0 Å². The first-order chi connectivity index (χ1) is 12.6. The Kier molecular flexibility index (Phi) is 4.66. The number of hydrogen-bond donors (Lipinski definition) is 5. The van der Waals surface area contributed by atoms with E-state index in [-0.39, 0.29) is 17.8 Å². The lowest BCUT2D eigenvalue weighted by Gasteiger charge is -2.10. The molecule has 3 rings (SSSR count). The molecule has 2 aromatic heterocycles. The summed E-state index contributed by atoms with van der Waals surface area (Å²) >= 11 is 0. The fourth-order valence-electron chi connectivity index (χ4n) is 1.84. The first-order valence-electron chi connectivity index (χ1n) is 6.68. The maximum Gasteiger partial charge on any atom is 0.296 e. The summed E-state index contributed by atoms with van der Waals surface area (Å²) in [4.78, 5) is 10.2. The normalized spacial score (nSPS) is 11.9. The molecule has 0 spiro atoms. The van der Waals surface area contributed by atoms with E-state index in [9.17, 15) is 21.4 Å². The molecule has 1 aromatic carbocycles. The SMILES string of the molecule is O=S(=O)(O)c1ccc(S(=O)(=O)O)c(Nc2ncnc(Nc3nn[nH]n3)n2)c1. The largest absolute Gasteiger partial charge is 0.323 e. The highest BCUT2D eigenvalue weighted by molar-refractivity contribution is 7.86. The van der Waals surface area contributed by atoms with Crippen molar-refractivity contribution in [2.45, 2.75) is 9.79 Å². The smallest absolute Gasteiger partial charge is 0.296 e. The molecule has 0 aliphatic carbocycles. The van der Waals surface area contributed by atoms with E-state index in [1.165, 1.54) is 0 Å². The lowest BCUT2D eigenvalue weighted by atomic mass is 10.3. The summed E-state index contributed by atoms with van der Waals surface area (Å²) < 4.78 is 63.9. The molecule has 0 saturated carbocycles. The Morgan fingerprint density at radius 1 is 0.926 bits per heavy atom. The average molecular weight is 415 g/mol. The van der Waals surface area contributed by atoms with Crippen molar-refractivity contribution < 1.29 is 25.9 Å². The summed E-state index contributed by atoms with van der Waals surface area (Å²) in [6, 6.07) is 2.38. The van der Waals surface area contributed by atoms with Gasteiger partial charge in [0.15, 0.2) is 0 Å². The molecule has 0 atom stereocenters. The second kappa shape index (κ2) is 6.79. The van der Waals surface area contributed by atoms with Crippen LogP contribution < -0.4 is 10.6 Å². The van der Waals surface area contributed by atoms with Gasteiger partial charge in [0.05, 0.1) is 10.6 Å². The van der Waals surface area contributed by atoms with Gasteiger partial charge in [0, 0.05) is 0 Å². The lowest BCUT2D eigenvalue weighted by molar-refractivity contribution is 0.479. The summed E-state index contributed by atoms with van der Waals surface area (Å²) in [5.41, 5.74) is -0.399. The average Bonchev–Trinajstić information content (AvgIpc) is 3.06. The standard InChI is InChI=1S/C10H9N9O6S2/c20-26(21,22)5-1-2-7(27(23,24)25)6(3-5)13-8-11-4-12-9(14-8)15-10-16-18-19-17-10/h1-4H,(H,20,21,22)(H,23,24,25)(H3,11,12,13,14,15,16,17,18,19). The van der Waals surface area contributed by atoms with Gasteiger partial charge in [0.1, 0.15) is 11.2 Å². The minimum absolute atomic E-state index is 0.0409.